The van der Waals surface area contributed by atoms with Crippen molar-refractivity contribution in [3.8, 4) is 0 Å². The van der Waals surface area contributed by atoms with E-state index < -0.39 is 46.2 Å². The van der Waals surface area contributed by atoms with Crippen LogP contribution in [-0.2, 0) is 29.1 Å². The summed E-state index contributed by atoms with van der Waals surface area (Å²) >= 11 is 0. The second kappa shape index (κ2) is 10.3. The van der Waals surface area contributed by atoms with Gasteiger partial charge in [-0.3, -0.25) is 0 Å². The van der Waals surface area contributed by atoms with Gasteiger partial charge in [-0.25, -0.2) is 22.7 Å². The predicted octanol–water partition coefficient (Wildman–Crippen LogP) is 3.12. The van der Waals surface area contributed by atoms with Gasteiger partial charge in [0.05, 0.1) is 18.0 Å². The van der Waals surface area contributed by atoms with Crippen LogP contribution in [0.15, 0.2) is 29.2 Å². The molecule has 0 aromatic heterocycles. The number of carbonyl (C=O) groups is 2. The summed E-state index contributed by atoms with van der Waals surface area (Å²) in [5.41, 5.74) is 1.73. The molecule has 31 heavy (non-hydrogen) atoms. The molecule has 0 heterocycles. The Kier molecular flexibility index (Phi) is 8.83. The zero-order chi connectivity index (χ0) is 24.1. The van der Waals surface area contributed by atoms with Gasteiger partial charge < -0.3 is 9.47 Å². The van der Waals surface area contributed by atoms with E-state index >= 15 is 0 Å². The molecule has 0 aliphatic rings. The van der Waals surface area contributed by atoms with E-state index in [1.54, 1.807) is 32.9 Å². The van der Waals surface area contributed by atoms with Gasteiger partial charge in [-0.15, -0.1) is 0 Å². The fraction of sp³-hybridized carbons (Fsp3) is 0.500. The Morgan fingerprint density at radius 3 is 2.03 bits per heavy atom. The average molecular weight is 465 g/mol. The lowest BCUT2D eigenvalue weighted by atomic mass is 9.99. The number of hydrogen-bond acceptors (Lipinski definition) is 6. The quantitative estimate of drug-likeness (QED) is 0.468. The van der Waals surface area contributed by atoms with Crippen LogP contribution in [0.2, 0.25) is 0 Å². The summed E-state index contributed by atoms with van der Waals surface area (Å²) in [4.78, 5) is 22.8. The van der Waals surface area contributed by atoms with E-state index in [4.69, 9.17) is 0 Å². The largest absolute Gasteiger partial charge is 0.490 e. The Balaban J connectivity index is 3.42. The van der Waals surface area contributed by atoms with Crippen LogP contribution in [0.4, 0.5) is 13.2 Å². The van der Waals surface area contributed by atoms with Gasteiger partial charge in [0.15, 0.2) is 0 Å². The zero-order valence-corrected chi connectivity index (χ0v) is 18.8. The molecule has 0 aliphatic carbocycles. The highest BCUT2D eigenvalue weighted by Crippen LogP contribution is 2.25. The third-order valence-corrected chi connectivity index (χ3v) is 6.10. The van der Waals surface area contributed by atoms with E-state index in [-0.39, 0.29) is 4.90 Å². The fourth-order valence-electron chi connectivity index (χ4n) is 3.08. The summed E-state index contributed by atoms with van der Waals surface area (Å²) in [7, 11) is -3.17. The minimum Gasteiger partial charge on any atom is -0.466 e. The molecule has 7 nitrogen and oxygen atoms in total. The molecule has 0 spiro atoms. The maximum atomic E-state index is 13.1. The SMILES string of the molecule is COC(=O)/C=C/[C@H](OC(=O)C(F)(F)F)[C@@H](NS(=O)(=O)c1c(C)cc(C)cc1C)C(C)C. The Hall–Kier alpha value is -2.40. The van der Waals surface area contributed by atoms with Crippen LogP contribution in [-0.4, -0.2) is 45.8 Å². The summed E-state index contributed by atoms with van der Waals surface area (Å²) in [6, 6.07) is 2.01. The highest BCUT2D eigenvalue weighted by Gasteiger charge is 2.44. The lowest BCUT2D eigenvalue weighted by molar-refractivity contribution is -0.204. The third kappa shape index (κ3) is 7.35. The van der Waals surface area contributed by atoms with Crippen molar-refractivity contribution in [2.75, 3.05) is 7.11 Å². The fourth-order valence-corrected chi connectivity index (χ4v) is 4.92. The van der Waals surface area contributed by atoms with Crippen LogP contribution in [0.5, 0.6) is 0 Å². The number of rotatable bonds is 8. The molecular weight excluding hydrogens is 439 g/mol. The first-order chi connectivity index (χ1) is 14.1. The average Bonchev–Trinajstić information content (AvgIpc) is 2.60. The standard InChI is InChI=1S/C20H26F3NO6S/c1-11(2)17(15(7-8-16(25)29-6)30-19(26)20(21,22)23)24-31(27,28)18-13(4)9-12(3)10-14(18)5/h7-11,15,17,24H,1-6H3/b8-7+/t15-,17-/m0/s1. The summed E-state index contributed by atoms with van der Waals surface area (Å²) in [5.74, 6) is -4.04. The van der Waals surface area contributed by atoms with Crippen LogP contribution in [0.1, 0.15) is 30.5 Å². The smallest absolute Gasteiger partial charge is 0.466 e. The molecule has 1 N–H and O–H groups in total. The molecule has 1 aromatic carbocycles. The van der Waals surface area contributed by atoms with Crippen molar-refractivity contribution in [3.63, 3.8) is 0 Å². The number of hydrogen-bond donors (Lipinski definition) is 1. The van der Waals surface area contributed by atoms with Gasteiger partial charge in [-0.2, -0.15) is 13.2 Å². The molecule has 1 aromatic rings. The van der Waals surface area contributed by atoms with Crippen LogP contribution >= 0.6 is 0 Å². The maximum absolute atomic E-state index is 13.1. The zero-order valence-electron chi connectivity index (χ0n) is 18.0. The molecule has 0 aliphatic heterocycles. The second-order valence-corrected chi connectivity index (χ2v) is 9.02. The van der Waals surface area contributed by atoms with Crippen molar-refractivity contribution in [3.05, 3.63) is 41.0 Å². The topological polar surface area (TPSA) is 98.8 Å². The van der Waals surface area contributed by atoms with E-state index in [0.717, 1.165) is 24.8 Å². The first-order valence-electron chi connectivity index (χ1n) is 9.24. The molecular formula is C20H26F3NO6S. The molecule has 1 rings (SSSR count). The van der Waals surface area contributed by atoms with E-state index in [1.165, 1.54) is 13.8 Å². The van der Waals surface area contributed by atoms with Gasteiger partial charge in [-0.1, -0.05) is 31.5 Å². The molecule has 11 heteroatoms. The third-order valence-electron chi connectivity index (χ3n) is 4.33. The molecule has 174 valence electrons. The molecule has 0 bridgehead atoms. The summed E-state index contributed by atoms with van der Waals surface area (Å²) in [6.07, 6.45) is -5.41. The summed E-state index contributed by atoms with van der Waals surface area (Å²) in [5, 5.41) is 0. The molecule has 0 saturated heterocycles. The molecule has 0 saturated carbocycles. The number of benzene rings is 1. The van der Waals surface area contributed by atoms with Crippen LogP contribution in [0, 0.1) is 26.7 Å². The Labute approximate surface area is 179 Å². The van der Waals surface area contributed by atoms with E-state index in [9.17, 15) is 31.2 Å². The number of halogens is 3. The van der Waals surface area contributed by atoms with Gasteiger partial charge in [0.25, 0.3) is 0 Å². The highest BCUT2D eigenvalue weighted by molar-refractivity contribution is 7.89. The molecule has 2 atom stereocenters. The minimum atomic E-state index is -5.30. The lowest BCUT2D eigenvalue weighted by Gasteiger charge is -2.29. The van der Waals surface area contributed by atoms with Gasteiger partial charge in [0.1, 0.15) is 6.10 Å². The van der Waals surface area contributed by atoms with E-state index in [2.05, 4.69) is 14.2 Å². The van der Waals surface area contributed by atoms with Crippen molar-refractivity contribution < 1.29 is 40.7 Å². The van der Waals surface area contributed by atoms with Gasteiger partial charge >= 0.3 is 18.1 Å². The number of sulfonamides is 1. The van der Waals surface area contributed by atoms with Crippen molar-refractivity contribution >= 4 is 22.0 Å². The molecule has 0 radical (unpaired) electrons. The van der Waals surface area contributed by atoms with Crippen LogP contribution in [0.3, 0.4) is 0 Å². The number of aryl methyl sites for hydroxylation is 3. The predicted molar refractivity (Wildman–Crippen MR) is 107 cm³/mol. The maximum Gasteiger partial charge on any atom is 0.490 e. The number of alkyl halides is 3. The Bertz CT molecular complexity index is 931. The van der Waals surface area contributed by atoms with Crippen LogP contribution in [0.25, 0.3) is 0 Å². The molecule has 0 fully saturated rings. The highest BCUT2D eigenvalue weighted by atomic mass is 32.2. The number of methoxy groups -OCH3 is 1. The normalized spacial score (nSPS) is 14.5. The summed E-state index contributed by atoms with van der Waals surface area (Å²) in [6.45, 7) is 8.05. The van der Waals surface area contributed by atoms with Crippen molar-refractivity contribution in [2.24, 2.45) is 5.92 Å². The Morgan fingerprint density at radius 1 is 1.10 bits per heavy atom. The lowest BCUT2D eigenvalue weighted by Crippen LogP contribution is -2.49. The first-order valence-corrected chi connectivity index (χ1v) is 10.7. The van der Waals surface area contributed by atoms with Crippen molar-refractivity contribution in [1.29, 1.82) is 0 Å². The molecule has 0 amide bonds. The van der Waals surface area contributed by atoms with E-state index in [1.807, 2.05) is 0 Å². The van der Waals surface area contributed by atoms with Gasteiger partial charge in [0.2, 0.25) is 10.0 Å². The minimum absolute atomic E-state index is 0.0263. The van der Waals surface area contributed by atoms with Crippen LogP contribution < -0.4 is 4.72 Å². The number of carbonyl (C=O) groups excluding carboxylic acids is 2. The Morgan fingerprint density at radius 2 is 1.61 bits per heavy atom. The van der Waals surface area contributed by atoms with E-state index in [0.29, 0.717) is 11.1 Å². The second-order valence-electron chi connectivity index (χ2n) is 7.37. The van der Waals surface area contributed by atoms with Gasteiger partial charge in [0, 0.05) is 6.08 Å². The number of ether oxygens (including phenoxy) is 2. The number of nitrogens with one attached hydrogen (secondary N) is 1. The van der Waals surface area contributed by atoms with Crippen molar-refractivity contribution in [2.45, 2.75) is 57.8 Å². The molecule has 0 unspecified atom stereocenters. The monoisotopic (exact) mass is 465 g/mol. The number of esters is 2. The first kappa shape index (κ1) is 26.6. The van der Waals surface area contributed by atoms with Gasteiger partial charge in [-0.05, 0) is 43.9 Å². The van der Waals surface area contributed by atoms with Crippen molar-refractivity contribution in [1.82, 2.24) is 4.72 Å². The summed E-state index contributed by atoms with van der Waals surface area (Å²) < 4.78 is 75.7.